The van der Waals surface area contributed by atoms with E-state index in [-0.39, 0.29) is 10.8 Å². The molecule has 25 heavy (non-hydrogen) atoms. The van der Waals surface area contributed by atoms with Gasteiger partial charge in [0, 0.05) is 34.6 Å². The lowest BCUT2D eigenvalue weighted by Crippen LogP contribution is -2.23. The molecule has 1 heterocycles. The number of sulfonamides is 1. The molecule has 0 aliphatic heterocycles. The van der Waals surface area contributed by atoms with E-state index in [1.165, 1.54) is 20.2 Å². The van der Waals surface area contributed by atoms with E-state index in [0.29, 0.717) is 18.5 Å². The molecule has 0 fully saturated rings. The van der Waals surface area contributed by atoms with Crippen molar-refractivity contribution in [2.75, 3.05) is 38.4 Å². The summed E-state index contributed by atoms with van der Waals surface area (Å²) in [6.45, 7) is 0. The number of thiophene rings is 1. The van der Waals surface area contributed by atoms with Gasteiger partial charge in [0.2, 0.25) is 15.9 Å². The van der Waals surface area contributed by atoms with Crippen molar-refractivity contribution in [2.24, 2.45) is 0 Å². The summed E-state index contributed by atoms with van der Waals surface area (Å²) >= 11 is 1.60. The Hall–Kier alpha value is -1.90. The molecule has 2 aromatic rings. The van der Waals surface area contributed by atoms with E-state index in [2.05, 4.69) is 5.32 Å². The topological polar surface area (TPSA) is 69.7 Å². The zero-order valence-electron chi connectivity index (χ0n) is 14.8. The van der Waals surface area contributed by atoms with Crippen molar-refractivity contribution < 1.29 is 13.2 Å². The molecule has 0 spiro atoms. The fourth-order valence-corrected chi connectivity index (χ4v) is 3.91. The third kappa shape index (κ3) is 4.81. The van der Waals surface area contributed by atoms with Crippen LogP contribution < -0.4 is 10.2 Å². The highest BCUT2D eigenvalue weighted by Gasteiger charge is 2.20. The quantitative estimate of drug-likeness (QED) is 0.800. The Balaban J connectivity index is 2.23. The highest BCUT2D eigenvalue weighted by Crippen LogP contribution is 2.28. The maximum Gasteiger partial charge on any atom is 0.242 e. The highest BCUT2D eigenvalue weighted by atomic mass is 32.2. The Morgan fingerprint density at radius 1 is 1.16 bits per heavy atom. The molecule has 1 N–H and O–H groups in total. The molecule has 2 rings (SSSR count). The van der Waals surface area contributed by atoms with E-state index in [4.69, 9.17) is 0 Å². The Morgan fingerprint density at radius 2 is 1.88 bits per heavy atom. The molecule has 0 saturated heterocycles. The molecule has 1 aromatic heterocycles. The van der Waals surface area contributed by atoms with Gasteiger partial charge in [0.05, 0.1) is 16.3 Å². The number of hydrogen-bond donors (Lipinski definition) is 1. The first-order valence-electron chi connectivity index (χ1n) is 7.76. The van der Waals surface area contributed by atoms with Gasteiger partial charge in [0.25, 0.3) is 0 Å². The van der Waals surface area contributed by atoms with Gasteiger partial charge in [-0.25, -0.2) is 12.7 Å². The van der Waals surface area contributed by atoms with Crippen LogP contribution in [0.5, 0.6) is 0 Å². The van der Waals surface area contributed by atoms with Gasteiger partial charge in [-0.05, 0) is 47.0 Å². The highest BCUT2D eigenvalue weighted by molar-refractivity contribution is 7.89. The lowest BCUT2D eigenvalue weighted by molar-refractivity contribution is -0.116. The molecule has 0 unspecified atom stereocenters. The summed E-state index contributed by atoms with van der Waals surface area (Å²) < 4.78 is 25.8. The van der Waals surface area contributed by atoms with E-state index >= 15 is 0 Å². The van der Waals surface area contributed by atoms with Gasteiger partial charge >= 0.3 is 0 Å². The molecule has 0 bridgehead atoms. The molecule has 0 atom stereocenters. The van der Waals surface area contributed by atoms with Crippen molar-refractivity contribution in [1.29, 1.82) is 0 Å². The number of hydrogen-bond acceptors (Lipinski definition) is 5. The number of nitrogens with one attached hydrogen (secondary N) is 1. The molecule has 6 nitrogen and oxygen atoms in total. The largest absolute Gasteiger partial charge is 0.376 e. The molecular formula is C17H23N3O3S2. The minimum Gasteiger partial charge on any atom is -0.376 e. The Bertz CT molecular complexity index is 829. The summed E-state index contributed by atoms with van der Waals surface area (Å²) in [4.78, 5) is 14.3. The fourth-order valence-electron chi connectivity index (χ4n) is 2.28. The summed E-state index contributed by atoms with van der Waals surface area (Å²) in [6.07, 6.45) is 0.997. The van der Waals surface area contributed by atoms with Crippen molar-refractivity contribution in [3.8, 4) is 0 Å². The lowest BCUT2D eigenvalue weighted by Gasteiger charge is -2.20. The lowest BCUT2D eigenvalue weighted by atomic mass is 10.2. The maximum absolute atomic E-state index is 12.3. The van der Waals surface area contributed by atoms with Crippen molar-refractivity contribution in [2.45, 2.75) is 17.7 Å². The number of carbonyl (C=O) groups excluding carboxylic acids is 1. The monoisotopic (exact) mass is 381 g/mol. The summed E-state index contributed by atoms with van der Waals surface area (Å²) in [7, 11) is 3.09. The average Bonchev–Trinajstić information content (AvgIpc) is 3.05. The minimum atomic E-state index is -3.56. The number of anilines is 2. The zero-order chi connectivity index (χ0) is 18.6. The second kappa shape index (κ2) is 7.99. The van der Waals surface area contributed by atoms with Crippen LogP contribution in [0.2, 0.25) is 0 Å². The van der Waals surface area contributed by atoms with Crippen LogP contribution in [0.1, 0.15) is 12.0 Å². The number of aryl methyl sites for hydroxylation is 1. The Morgan fingerprint density at radius 3 is 2.44 bits per heavy atom. The third-order valence-corrected chi connectivity index (χ3v) is 6.27. The summed E-state index contributed by atoms with van der Waals surface area (Å²) in [5, 5.41) is 6.84. The van der Waals surface area contributed by atoms with Crippen LogP contribution >= 0.6 is 11.3 Å². The number of rotatable bonds is 7. The van der Waals surface area contributed by atoms with Gasteiger partial charge in [0.1, 0.15) is 0 Å². The normalized spacial score (nSPS) is 11.6. The first kappa shape index (κ1) is 19.4. The third-order valence-electron chi connectivity index (χ3n) is 3.72. The Labute approximate surface area is 153 Å². The number of benzene rings is 1. The predicted octanol–water partition coefficient (Wildman–Crippen LogP) is 2.64. The van der Waals surface area contributed by atoms with Crippen LogP contribution in [0.4, 0.5) is 11.4 Å². The average molecular weight is 382 g/mol. The van der Waals surface area contributed by atoms with Crippen molar-refractivity contribution >= 4 is 38.6 Å². The van der Waals surface area contributed by atoms with Crippen LogP contribution in [0.15, 0.2) is 39.9 Å². The maximum atomic E-state index is 12.3. The van der Waals surface area contributed by atoms with Crippen molar-refractivity contribution in [3.63, 3.8) is 0 Å². The molecular weight excluding hydrogens is 358 g/mol. The zero-order valence-corrected chi connectivity index (χ0v) is 16.4. The molecule has 0 saturated carbocycles. The second-order valence-corrected chi connectivity index (χ2v) is 8.97. The molecule has 0 aliphatic rings. The molecule has 136 valence electrons. The smallest absolute Gasteiger partial charge is 0.242 e. The molecule has 8 heteroatoms. The second-order valence-electron chi connectivity index (χ2n) is 6.04. The van der Waals surface area contributed by atoms with Gasteiger partial charge in [-0.3, -0.25) is 4.79 Å². The van der Waals surface area contributed by atoms with Crippen LogP contribution in [0, 0.1) is 0 Å². The molecule has 0 aliphatic carbocycles. The van der Waals surface area contributed by atoms with Gasteiger partial charge in [0.15, 0.2) is 0 Å². The van der Waals surface area contributed by atoms with Crippen LogP contribution in [0.25, 0.3) is 0 Å². The van der Waals surface area contributed by atoms with E-state index < -0.39 is 10.0 Å². The SMILES string of the molecule is CN(C)c1ccc(S(=O)(=O)N(C)C)cc1NC(=O)CCc1ccsc1. The first-order valence-corrected chi connectivity index (χ1v) is 10.1. The molecule has 1 aromatic carbocycles. The van der Waals surface area contributed by atoms with E-state index in [1.54, 1.807) is 23.5 Å². The summed E-state index contributed by atoms with van der Waals surface area (Å²) in [6, 6.07) is 6.75. The van der Waals surface area contributed by atoms with Crippen LogP contribution in [0.3, 0.4) is 0 Å². The van der Waals surface area contributed by atoms with Crippen molar-refractivity contribution in [3.05, 3.63) is 40.6 Å². The van der Waals surface area contributed by atoms with E-state index in [1.807, 2.05) is 35.8 Å². The van der Waals surface area contributed by atoms with Gasteiger partial charge in [-0.2, -0.15) is 11.3 Å². The van der Waals surface area contributed by atoms with Gasteiger partial charge < -0.3 is 10.2 Å². The summed E-state index contributed by atoms with van der Waals surface area (Å²) in [5.41, 5.74) is 2.36. The van der Waals surface area contributed by atoms with Crippen LogP contribution in [-0.2, 0) is 21.2 Å². The number of carbonyl (C=O) groups is 1. The number of nitrogens with zero attached hydrogens (tertiary/aromatic N) is 2. The number of amides is 1. The first-order chi connectivity index (χ1) is 11.7. The van der Waals surface area contributed by atoms with Gasteiger partial charge in [-0.1, -0.05) is 0 Å². The van der Waals surface area contributed by atoms with E-state index in [0.717, 1.165) is 15.6 Å². The van der Waals surface area contributed by atoms with Gasteiger partial charge in [-0.15, -0.1) is 0 Å². The van der Waals surface area contributed by atoms with Crippen molar-refractivity contribution in [1.82, 2.24) is 4.31 Å². The molecule has 0 radical (unpaired) electrons. The minimum absolute atomic E-state index is 0.145. The fraction of sp³-hybridized carbons (Fsp3) is 0.353. The van der Waals surface area contributed by atoms with Crippen LogP contribution in [-0.4, -0.2) is 46.8 Å². The summed E-state index contributed by atoms with van der Waals surface area (Å²) in [5.74, 6) is -0.145. The van der Waals surface area contributed by atoms with E-state index in [9.17, 15) is 13.2 Å². The Kier molecular flexibility index (Phi) is 6.21. The standard InChI is InChI=1S/C17H23N3O3S2/c1-19(2)16-7-6-14(25(22,23)20(3)4)11-15(16)18-17(21)8-5-13-9-10-24-12-13/h6-7,9-12H,5,8H2,1-4H3,(H,18,21). The molecule has 1 amide bonds. The predicted molar refractivity (Wildman–Crippen MR) is 103 cm³/mol.